The minimum absolute atomic E-state index is 0.00776. The first kappa shape index (κ1) is 18.4. The van der Waals surface area contributed by atoms with E-state index < -0.39 is 17.7 Å². The van der Waals surface area contributed by atoms with Gasteiger partial charge in [0, 0.05) is 0 Å². The molecule has 0 radical (unpaired) electrons. The molecule has 3 nitrogen and oxygen atoms in total. The number of hydrogen-bond acceptors (Lipinski definition) is 3. The Bertz CT molecular complexity index is 768. The van der Waals surface area contributed by atoms with E-state index in [0.717, 1.165) is 12.0 Å². The first-order valence-corrected chi connectivity index (χ1v) is 9.38. The average molecular weight is 356 g/mol. The van der Waals surface area contributed by atoms with Gasteiger partial charge in [-0.05, 0) is 48.9 Å². The van der Waals surface area contributed by atoms with Crippen LogP contribution in [0.3, 0.4) is 0 Å². The maximum atomic E-state index is 14.4. The van der Waals surface area contributed by atoms with Gasteiger partial charge in [-0.3, -0.25) is 4.79 Å². The number of carbonyl (C=O) groups excluding carboxylic acids is 1. The number of halogens is 1. The second-order valence-electron chi connectivity index (χ2n) is 6.68. The lowest BCUT2D eigenvalue weighted by atomic mass is 9.89. The third-order valence-corrected chi connectivity index (χ3v) is 4.81. The maximum absolute atomic E-state index is 14.4. The van der Waals surface area contributed by atoms with Crippen molar-refractivity contribution in [2.75, 3.05) is 6.61 Å². The highest BCUT2D eigenvalue weighted by molar-refractivity contribution is 5.83. The summed E-state index contributed by atoms with van der Waals surface area (Å²) in [4.78, 5) is 12.4. The third-order valence-electron chi connectivity index (χ3n) is 4.81. The summed E-state index contributed by atoms with van der Waals surface area (Å²) in [7, 11) is 0. The van der Waals surface area contributed by atoms with Gasteiger partial charge >= 0.3 is 5.97 Å². The Morgan fingerprint density at radius 1 is 1.12 bits per heavy atom. The van der Waals surface area contributed by atoms with Crippen LogP contribution in [0.25, 0.3) is 0 Å². The number of rotatable bonds is 7. The molecule has 2 aromatic carbocycles. The van der Waals surface area contributed by atoms with Gasteiger partial charge in [-0.15, -0.1) is 0 Å². The second-order valence-corrected chi connectivity index (χ2v) is 6.68. The molecule has 3 rings (SSSR count). The Morgan fingerprint density at radius 3 is 2.58 bits per heavy atom. The first-order chi connectivity index (χ1) is 12.6. The molecule has 0 saturated carbocycles. The van der Waals surface area contributed by atoms with Crippen molar-refractivity contribution in [2.45, 2.75) is 51.9 Å². The van der Waals surface area contributed by atoms with Gasteiger partial charge in [-0.2, -0.15) is 4.39 Å². The number of aryl methyl sites for hydroxylation is 1. The maximum Gasteiger partial charge on any atom is 0.319 e. The Labute approximate surface area is 154 Å². The number of ether oxygens (including phenoxy) is 2. The summed E-state index contributed by atoms with van der Waals surface area (Å²) in [6.07, 6.45) is 5.09. The van der Waals surface area contributed by atoms with Crippen molar-refractivity contribution in [3.63, 3.8) is 0 Å². The molecule has 0 spiro atoms. The van der Waals surface area contributed by atoms with Crippen LogP contribution in [0.1, 0.15) is 55.7 Å². The molecule has 0 fully saturated rings. The molecule has 138 valence electrons. The quantitative estimate of drug-likeness (QED) is 0.388. The monoisotopic (exact) mass is 356 g/mol. The van der Waals surface area contributed by atoms with Crippen LogP contribution in [0.4, 0.5) is 4.39 Å². The van der Waals surface area contributed by atoms with Crippen molar-refractivity contribution in [3.05, 3.63) is 58.9 Å². The van der Waals surface area contributed by atoms with Gasteiger partial charge in [0.15, 0.2) is 11.5 Å². The molecule has 0 saturated heterocycles. The largest absolute Gasteiger partial charge is 0.491 e. The predicted molar refractivity (Wildman–Crippen MR) is 99.3 cm³/mol. The van der Waals surface area contributed by atoms with E-state index in [9.17, 15) is 9.18 Å². The zero-order valence-corrected chi connectivity index (χ0v) is 15.4. The first-order valence-electron chi connectivity index (χ1n) is 9.38. The van der Waals surface area contributed by atoms with Gasteiger partial charge in [-0.1, -0.05) is 50.1 Å². The molecule has 1 unspecified atom stereocenters. The lowest BCUT2D eigenvalue weighted by molar-refractivity contribution is -0.137. The Kier molecular flexibility index (Phi) is 5.92. The van der Waals surface area contributed by atoms with E-state index in [2.05, 4.69) is 19.1 Å². The summed E-state index contributed by atoms with van der Waals surface area (Å²) in [5, 5.41) is 0. The van der Waals surface area contributed by atoms with Gasteiger partial charge in [0.25, 0.3) is 0 Å². The molecule has 0 bridgehead atoms. The van der Waals surface area contributed by atoms with E-state index in [1.54, 1.807) is 19.1 Å². The Balaban J connectivity index is 1.77. The molecule has 0 aliphatic carbocycles. The topological polar surface area (TPSA) is 35.5 Å². The van der Waals surface area contributed by atoms with Crippen LogP contribution in [0.15, 0.2) is 36.4 Å². The van der Waals surface area contributed by atoms with Gasteiger partial charge in [0.05, 0.1) is 12.5 Å². The number of benzene rings is 2. The fourth-order valence-corrected chi connectivity index (χ4v) is 3.34. The predicted octanol–water partition coefficient (Wildman–Crippen LogP) is 5.20. The molecule has 0 N–H and O–H groups in total. The van der Waals surface area contributed by atoms with Crippen molar-refractivity contribution in [3.8, 4) is 11.5 Å². The summed E-state index contributed by atoms with van der Waals surface area (Å²) in [5.41, 5.74) is 2.89. The van der Waals surface area contributed by atoms with E-state index >= 15 is 0 Å². The summed E-state index contributed by atoms with van der Waals surface area (Å²) >= 11 is 0. The van der Waals surface area contributed by atoms with Crippen LogP contribution in [0.2, 0.25) is 0 Å². The van der Waals surface area contributed by atoms with Crippen molar-refractivity contribution < 1.29 is 18.7 Å². The molecule has 1 aliphatic rings. The number of carbonyl (C=O) groups is 1. The van der Waals surface area contributed by atoms with Crippen LogP contribution >= 0.6 is 0 Å². The highest BCUT2D eigenvalue weighted by Gasteiger charge is 2.32. The van der Waals surface area contributed by atoms with Crippen molar-refractivity contribution in [1.82, 2.24) is 0 Å². The van der Waals surface area contributed by atoms with Crippen LogP contribution < -0.4 is 9.47 Å². The van der Waals surface area contributed by atoms with Crippen LogP contribution in [-0.4, -0.2) is 12.6 Å². The van der Waals surface area contributed by atoms with Crippen molar-refractivity contribution in [2.24, 2.45) is 0 Å². The highest BCUT2D eigenvalue weighted by Crippen LogP contribution is 2.38. The molecule has 1 aliphatic heterocycles. The number of fused-ring (bicyclic) bond motifs is 1. The molecule has 26 heavy (non-hydrogen) atoms. The summed E-state index contributed by atoms with van der Waals surface area (Å²) in [6, 6.07) is 11.5. The van der Waals surface area contributed by atoms with Crippen LogP contribution in [0.5, 0.6) is 11.5 Å². The van der Waals surface area contributed by atoms with Gasteiger partial charge < -0.3 is 9.47 Å². The lowest BCUT2D eigenvalue weighted by Gasteiger charge is -2.24. The van der Waals surface area contributed by atoms with E-state index in [1.165, 1.54) is 24.8 Å². The summed E-state index contributed by atoms with van der Waals surface area (Å²) in [6.45, 7) is 4.33. The summed E-state index contributed by atoms with van der Waals surface area (Å²) < 4.78 is 25.0. The molecule has 4 heteroatoms. The Morgan fingerprint density at radius 2 is 1.88 bits per heavy atom. The fraction of sp³-hybridized carbons (Fsp3) is 0.409. The lowest BCUT2D eigenvalue weighted by Crippen LogP contribution is -2.26. The van der Waals surface area contributed by atoms with E-state index in [0.29, 0.717) is 18.6 Å². The third kappa shape index (κ3) is 3.90. The van der Waals surface area contributed by atoms with E-state index in [-0.39, 0.29) is 11.5 Å². The number of unbranched alkanes of at least 4 members (excludes halogenated alkanes) is 2. The van der Waals surface area contributed by atoms with E-state index in [1.807, 2.05) is 12.1 Å². The molecular weight excluding hydrogens is 331 g/mol. The molecule has 1 atom stereocenters. The molecule has 0 aromatic heterocycles. The molecular formula is C22H25FO3. The van der Waals surface area contributed by atoms with Crippen molar-refractivity contribution in [1.29, 1.82) is 0 Å². The van der Waals surface area contributed by atoms with Crippen LogP contribution in [-0.2, 0) is 17.6 Å². The standard InChI is InChI=1S/C22H25FO3/c1-3-5-6-7-15-8-10-16(11-9-15)18-14-17-12-13-19(25-4-2)20(23)21(17)26-22(18)24/h8-13,18H,3-7,14H2,1-2H3. The van der Waals surface area contributed by atoms with Gasteiger partial charge in [0.1, 0.15) is 0 Å². The molecule has 1 heterocycles. The highest BCUT2D eigenvalue weighted by atomic mass is 19.1. The molecule has 0 amide bonds. The average Bonchev–Trinajstić information content (AvgIpc) is 2.65. The minimum atomic E-state index is -0.595. The second kappa shape index (κ2) is 8.35. The smallest absolute Gasteiger partial charge is 0.319 e. The van der Waals surface area contributed by atoms with E-state index in [4.69, 9.17) is 9.47 Å². The summed E-state index contributed by atoms with van der Waals surface area (Å²) in [5.74, 6) is -1.28. The normalized spacial score (nSPS) is 16.1. The number of hydrogen-bond donors (Lipinski definition) is 0. The SMILES string of the molecule is CCCCCc1ccc(C2Cc3ccc(OCC)c(F)c3OC2=O)cc1. The van der Waals surface area contributed by atoms with Gasteiger partial charge in [-0.25, -0.2) is 0 Å². The molecule has 2 aromatic rings. The van der Waals surface area contributed by atoms with Gasteiger partial charge in [0.2, 0.25) is 5.82 Å². The fourth-order valence-electron chi connectivity index (χ4n) is 3.34. The van der Waals surface area contributed by atoms with Crippen molar-refractivity contribution >= 4 is 5.97 Å². The zero-order valence-electron chi connectivity index (χ0n) is 15.4. The number of esters is 1. The minimum Gasteiger partial charge on any atom is -0.491 e. The van der Waals surface area contributed by atoms with Crippen LogP contribution in [0, 0.1) is 5.82 Å². The Hall–Kier alpha value is -2.36. The zero-order chi connectivity index (χ0) is 18.5.